The van der Waals surface area contributed by atoms with Crippen molar-refractivity contribution in [1.29, 1.82) is 0 Å². The van der Waals surface area contributed by atoms with E-state index in [0.717, 1.165) is 23.8 Å². The second-order valence-corrected chi connectivity index (χ2v) is 9.43. The van der Waals surface area contributed by atoms with Gasteiger partial charge in [-0.3, -0.25) is 4.90 Å². The van der Waals surface area contributed by atoms with Crippen molar-refractivity contribution in [3.8, 4) is 0 Å². The van der Waals surface area contributed by atoms with E-state index in [0.29, 0.717) is 12.1 Å². The summed E-state index contributed by atoms with van der Waals surface area (Å²) in [5.74, 6) is 2.82. The van der Waals surface area contributed by atoms with Crippen molar-refractivity contribution in [2.75, 3.05) is 7.05 Å². The second-order valence-electron chi connectivity index (χ2n) is 9.43. The van der Waals surface area contributed by atoms with Crippen LogP contribution in [0.3, 0.4) is 0 Å². The zero-order valence-electron chi connectivity index (χ0n) is 16.6. The molecule has 0 saturated heterocycles. The van der Waals surface area contributed by atoms with Crippen LogP contribution in [0.15, 0.2) is 11.1 Å². The quantitative estimate of drug-likeness (QED) is 0.726. The van der Waals surface area contributed by atoms with Gasteiger partial charge in [0.25, 0.3) is 0 Å². The molecule has 0 radical (unpaired) electrons. The van der Waals surface area contributed by atoms with E-state index in [1.807, 2.05) is 0 Å². The molecule has 0 bridgehead atoms. The molecule has 138 valence electrons. The van der Waals surface area contributed by atoms with Crippen molar-refractivity contribution < 1.29 is 0 Å². The van der Waals surface area contributed by atoms with Crippen molar-refractivity contribution in [1.82, 2.24) is 4.90 Å². The summed E-state index contributed by atoms with van der Waals surface area (Å²) in [5, 5.41) is 0. The lowest BCUT2D eigenvalue weighted by molar-refractivity contribution is 0.0927. The molecule has 2 heteroatoms. The summed E-state index contributed by atoms with van der Waals surface area (Å²) < 4.78 is 0. The number of nitrogens with two attached hydrogens (primary N) is 1. The van der Waals surface area contributed by atoms with Crippen LogP contribution in [-0.4, -0.2) is 30.1 Å². The molecule has 2 unspecified atom stereocenters. The number of rotatable bonds is 3. The minimum absolute atomic E-state index is 0.495. The van der Waals surface area contributed by atoms with E-state index in [-0.39, 0.29) is 0 Å². The van der Waals surface area contributed by atoms with E-state index in [2.05, 4.69) is 32.7 Å². The average molecular weight is 333 g/mol. The first-order valence-electron chi connectivity index (χ1n) is 10.6. The van der Waals surface area contributed by atoms with Gasteiger partial charge in [-0.2, -0.15) is 0 Å². The Morgan fingerprint density at radius 2 is 1.42 bits per heavy atom. The topological polar surface area (TPSA) is 29.3 Å². The molecule has 3 rings (SSSR count). The number of hydrogen-bond acceptors (Lipinski definition) is 2. The molecule has 24 heavy (non-hydrogen) atoms. The van der Waals surface area contributed by atoms with Crippen LogP contribution in [0.1, 0.15) is 85.0 Å². The molecule has 0 aliphatic heterocycles. The SMILES string of the molecule is CC1=C(C)C(N(C)C2CCC(C3CCC(N)CC3)CC2)CC(C)C1. The number of hydrogen-bond donors (Lipinski definition) is 1. The van der Waals surface area contributed by atoms with Crippen LogP contribution in [0.5, 0.6) is 0 Å². The van der Waals surface area contributed by atoms with Gasteiger partial charge in [0.1, 0.15) is 0 Å². The van der Waals surface area contributed by atoms with E-state index in [1.165, 1.54) is 64.2 Å². The summed E-state index contributed by atoms with van der Waals surface area (Å²) in [6, 6.07) is 2.00. The van der Waals surface area contributed by atoms with Gasteiger partial charge in [0, 0.05) is 18.1 Å². The molecule has 2 N–H and O–H groups in total. The number of nitrogens with zero attached hydrogens (tertiary/aromatic N) is 1. The molecule has 0 aromatic rings. The van der Waals surface area contributed by atoms with Gasteiger partial charge >= 0.3 is 0 Å². The zero-order valence-corrected chi connectivity index (χ0v) is 16.6. The fourth-order valence-electron chi connectivity index (χ4n) is 5.93. The molecule has 0 amide bonds. The Labute approximate surface area is 150 Å². The van der Waals surface area contributed by atoms with Gasteiger partial charge in [-0.1, -0.05) is 18.1 Å². The highest BCUT2D eigenvalue weighted by atomic mass is 15.2. The summed E-state index contributed by atoms with van der Waals surface area (Å²) in [6.07, 6.45) is 13.8. The van der Waals surface area contributed by atoms with E-state index in [4.69, 9.17) is 5.73 Å². The predicted octanol–water partition coefficient (Wildman–Crippen LogP) is 5.13. The monoisotopic (exact) mass is 332 g/mol. The molecule has 2 saturated carbocycles. The van der Waals surface area contributed by atoms with Crippen molar-refractivity contribution in [2.45, 2.75) is 103 Å². The van der Waals surface area contributed by atoms with Crippen molar-refractivity contribution in [3.05, 3.63) is 11.1 Å². The maximum absolute atomic E-state index is 6.10. The van der Waals surface area contributed by atoms with Crippen molar-refractivity contribution >= 4 is 0 Å². The van der Waals surface area contributed by atoms with Gasteiger partial charge in [0.05, 0.1) is 0 Å². The van der Waals surface area contributed by atoms with Gasteiger partial charge in [-0.15, -0.1) is 0 Å². The maximum atomic E-state index is 6.10. The lowest BCUT2D eigenvalue weighted by atomic mass is 9.71. The van der Waals surface area contributed by atoms with Crippen LogP contribution >= 0.6 is 0 Å². The fourth-order valence-corrected chi connectivity index (χ4v) is 5.93. The highest BCUT2D eigenvalue weighted by Gasteiger charge is 2.34. The van der Waals surface area contributed by atoms with Crippen LogP contribution in [0.4, 0.5) is 0 Å². The Kier molecular flexibility index (Phi) is 6.08. The predicted molar refractivity (Wildman–Crippen MR) is 104 cm³/mol. The smallest absolute Gasteiger partial charge is 0.0309 e. The Morgan fingerprint density at radius 3 is 2.00 bits per heavy atom. The van der Waals surface area contributed by atoms with E-state index >= 15 is 0 Å². The summed E-state index contributed by atoms with van der Waals surface area (Å²) in [6.45, 7) is 7.18. The van der Waals surface area contributed by atoms with Crippen molar-refractivity contribution in [3.63, 3.8) is 0 Å². The molecular weight excluding hydrogens is 292 g/mol. The Hall–Kier alpha value is -0.340. The van der Waals surface area contributed by atoms with Gasteiger partial charge in [0.15, 0.2) is 0 Å². The Balaban J connectivity index is 1.53. The molecule has 0 spiro atoms. The van der Waals surface area contributed by atoms with Crippen LogP contribution in [0, 0.1) is 17.8 Å². The lowest BCUT2D eigenvalue weighted by Gasteiger charge is -2.44. The maximum Gasteiger partial charge on any atom is 0.0309 e. The molecule has 2 nitrogen and oxygen atoms in total. The standard InChI is InChI=1S/C22H40N2/c1-15-13-16(2)17(3)22(14-15)24(4)21-11-7-19(8-12-21)18-5-9-20(23)10-6-18/h15,18-22H,5-14,23H2,1-4H3. The fraction of sp³-hybridized carbons (Fsp3) is 0.909. The highest BCUT2D eigenvalue weighted by molar-refractivity contribution is 5.20. The molecule has 0 heterocycles. The second kappa shape index (κ2) is 7.91. The Morgan fingerprint density at radius 1 is 0.875 bits per heavy atom. The molecule has 3 aliphatic carbocycles. The van der Waals surface area contributed by atoms with Gasteiger partial charge in [-0.05, 0) is 103 Å². The third-order valence-electron chi connectivity index (χ3n) is 7.75. The molecule has 3 aliphatic rings. The summed E-state index contributed by atoms with van der Waals surface area (Å²) in [7, 11) is 2.41. The molecule has 2 atom stereocenters. The third kappa shape index (κ3) is 4.07. The van der Waals surface area contributed by atoms with E-state index in [1.54, 1.807) is 11.1 Å². The Bertz CT molecular complexity index is 439. The first kappa shape index (κ1) is 18.5. The third-order valence-corrected chi connectivity index (χ3v) is 7.75. The lowest BCUT2D eigenvalue weighted by Crippen LogP contribution is -2.45. The largest absolute Gasteiger partial charge is 0.328 e. The van der Waals surface area contributed by atoms with E-state index in [9.17, 15) is 0 Å². The zero-order chi connectivity index (χ0) is 17.3. The molecule has 2 fully saturated rings. The van der Waals surface area contributed by atoms with Crippen molar-refractivity contribution in [2.24, 2.45) is 23.5 Å². The average Bonchev–Trinajstić information content (AvgIpc) is 2.58. The first-order valence-corrected chi connectivity index (χ1v) is 10.6. The summed E-state index contributed by atoms with van der Waals surface area (Å²) >= 11 is 0. The molecule has 0 aromatic heterocycles. The first-order chi connectivity index (χ1) is 11.5. The number of allylic oxidation sites excluding steroid dienone is 1. The van der Waals surface area contributed by atoms with E-state index < -0.39 is 0 Å². The van der Waals surface area contributed by atoms with Gasteiger partial charge in [0.2, 0.25) is 0 Å². The molecule has 0 aromatic carbocycles. The highest BCUT2D eigenvalue weighted by Crippen LogP contribution is 2.40. The van der Waals surface area contributed by atoms with Gasteiger partial charge in [-0.25, -0.2) is 0 Å². The summed E-state index contributed by atoms with van der Waals surface area (Å²) in [5.41, 5.74) is 9.41. The summed E-state index contributed by atoms with van der Waals surface area (Å²) in [4.78, 5) is 2.75. The normalized spacial score (nSPS) is 41.8. The molecular formula is C22H40N2. The van der Waals surface area contributed by atoms with Crippen LogP contribution in [0.25, 0.3) is 0 Å². The van der Waals surface area contributed by atoms with Gasteiger partial charge < -0.3 is 5.73 Å². The number of likely N-dealkylation sites (N-methyl/N-ethyl adjacent to an activating group) is 1. The van der Waals surface area contributed by atoms with Crippen LogP contribution in [0.2, 0.25) is 0 Å². The van der Waals surface area contributed by atoms with Crippen LogP contribution < -0.4 is 5.73 Å². The minimum Gasteiger partial charge on any atom is -0.328 e. The van der Waals surface area contributed by atoms with Crippen LogP contribution in [-0.2, 0) is 0 Å². The minimum atomic E-state index is 0.495.